The number of piperidine rings is 1. The van der Waals surface area contributed by atoms with Gasteiger partial charge in [0.05, 0.1) is 21.8 Å². The van der Waals surface area contributed by atoms with Gasteiger partial charge in [-0.05, 0) is 50.6 Å². The number of aromatic nitrogens is 5. The zero-order valence-electron chi connectivity index (χ0n) is 20.3. The number of hydrogen-bond donors (Lipinski definition) is 2. The number of amides is 1. The Hall–Kier alpha value is -3.37. The molecule has 0 bridgehead atoms. The molecule has 1 saturated heterocycles. The molecule has 1 aromatic carbocycles. The van der Waals surface area contributed by atoms with Crippen molar-refractivity contribution in [2.45, 2.75) is 51.9 Å². The summed E-state index contributed by atoms with van der Waals surface area (Å²) in [6, 6.07) is 7.24. The molecule has 9 nitrogen and oxygen atoms in total. The maximum Gasteiger partial charge on any atom is 0.256 e. The van der Waals surface area contributed by atoms with Gasteiger partial charge in [-0.25, -0.2) is 9.67 Å². The van der Waals surface area contributed by atoms with Crippen LogP contribution in [0.4, 0.5) is 5.82 Å². The van der Waals surface area contributed by atoms with E-state index in [2.05, 4.69) is 31.1 Å². The Balaban J connectivity index is 1.34. The zero-order chi connectivity index (χ0) is 24.6. The third-order valence-corrected chi connectivity index (χ3v) is 7.35. The number of carbonyl (C=O) groups excluding carboxylic acids is 1. The molecule has 1 fully saturated rings. The third-order valence-electron chi connectivity index (χ3n) is 6.17. The Morgan fingerprint density at radius 1 is 1.23 bits per heavy atom. The normalized spacial score (nSPS) is 14.9. The number of nitrogens with one attached hydrogen (secondary N) is 2. The fourth-order valence-corrected chi connectivity index (χ4v) is 5.07. The highest BCUT2D eigenvalue weighted by Gasteiger charge is 2.22. The van der Waals surface area contributed by atoms with Crippen LogP contribution < -0.4 is 10.6 Å². The van der Waals surface area contributed by atoms with Crippen molar-refractivity contribution in [1.82, 2.24) is 30.5 Å². The third kappa shape index (κ3) is 5.03. The van der Waals surface area contributed by atoms with E-state index >= 15 is 0 Å². The Bertz CT molecular complexity index is 1340. The minimum atomic E-state index is -0.269. The van der Waals surface area contributed by atoms with Crippen LogP contribution in [0.25, 0.3) is 16.3 Å². The molecule has 0 atom stereocenters. The zero-order valence-corrected chi connectivity index (χ0v) is 21.1. The first kappa shape index (κ1) is 23.4. The summed E-state index contributed by atoms with van der Waals surface area (Å²) in [5.74, 6) is 1.33. The van der Waals surface area contributed by atoms with E-state index in [9.17, 15) is 4.79 Å². The lowest BCUT2D eigenvalue weighted by atomic mass is 9.93. The second kappa shape index (κ2) is 9.35. The molecule has 0 radical (unpaired) electrons. The highest BCUT2D eigenvalue weighted by atomic mass is 32.1. The van der Waals surface area contributed by atoms with E-state index in [1.54, 1.807) is 34.2 Å². The van der Waals surface area contributed by atoms with Crippen LogP contribution >= 0.6 is 11.3 Å². The van der Waals surface area contributed by atoms with Crippen molar-refractivity contribution in [3.05, 3.63) is 58.6 Å². The molecule has 0 spiro atoms. The predicted molar refractivity (Wildman–Crippen MR) is 135 cm³/mol. The molecule has 2 N–H and O–H groups in total. The molecule has 1 aliphatic heterocycles. The molecule has 5 rings (SSSR count). The summed E-state index contributed by atoms with van der Waals surface area (Å²) in [7, 11) is 0. The average molecular weight is 492 g/mol. The number of hydrogen-bond acceptors (Lipinski definition) is 8. The van der Waals surface area contributed by atoms with E-state index in [-0.39, 0.29) is 11.3 Å². The summed E-state index contributed by atoms with van der Waals surface area (Å²) in [4.78, 5) is 18.6. The minimum absolute atomic E-state index is 0.190. The highest BCUT2D eigenvalue weighted by molar-refractivity contribution is 7.15. The van der Waals surface area contributed by atoms with Gasteiger partial charge in [0.2, 0.25) is 0 Å². The van der Waals surface area contributed by atoms with Gasteiger partial charge in [-0.1, -0.05) is 37.2 Å². The molecule has 1 amide bonds. The minimum Gasteiger partial charge on any atom is -0.359 e. The molecule has 0 saturated carbocycles. The van der Waals surface area contributed by atoms with Crippen LogP contribution in [0.1, 0.15) is 66.2 Å². The summed E-state index contributed by atoms with van der Waals surface area (Å²) in [6.07, 6.45) is 5.99. The second-order valence-corrected chi connectivity index (χ2v) is 11.0. The summed E-state index contributed by atoms with van der Waals surface area (Å²) >= 11 is 1.68. The van der Waals surface area contributed by atoms with E-state index in [4.69, 9.17) is 4.52 Å². The van der Waals surface area contributed by atoms with Crippen LogP contribution in [-0.2, 0) is 5.41 Å². The lowest BCUT2D eigenvalue weighted by molar-refractivity contribution is 0.102. The fraction of sp³-hybridized carbons (Fsp3) is 0.400. The molecule has 35 heavy (non-hydrogen) atoms. The molecule has 4 heterocycles. The first-order valence-corrected chi connectivity index (χ1v) is 12.6. The Kier molecular flexibility index (Phi) is 6.24. The van der Waals surface area contributed by atoms with Crippen LogP contribution in [0.15, 0.2) is 41.2 Å². The van der Waals surface area contributed by atoms with Gasteiger partial charge in [0, 0.05) is 29.2 Å². The number of rotatable bonds is 5. The SMILES string of the molecule is Cc1ccc(C(=O)Nc2cc(C(C)(C)C)on2)cc1-n1cc(-c2cnc(C3CCNCC3)s2)nn1. The number of thiazole rings is 1. The average Bonchev–Trinajstić information content (AvgIpc) is 3.60. The molecule has 4 aromatic rings. The van der Waals surface area contributed by atoms with Gasteiger partial charge in [-0.15, -0.1) is 16.4 Å². The van der Waals surface area contributed by atoms with E-state index in [1.807, 2.05) is 46.2 Å². The van der Waals surface area contributed by atoms with Crippen LogP contribution in [-0.4, -0.2) is 44.1 Å². The van der Waals surface area contributed by atoms with Crippen molar-refractivity contribution in [2.24, 2.45) is 0 Å². The molecule has 1 aliphatic rings. The maximum atomic E-state index is 12.9. The van der Waals surface area contributed by atoms with E-state index in [0.29, 0.717) is 23.1 Å². The number of anilines is 1. The van der Waals surface area contributed by atoms with Gasteiger partial charge in [-0.3, -0.25) is 4.79 Å². The van der Waals surface area contributed by atoms with Crippen LogP contribution in [0.2, 0.25) is 0 Å². The predicted octanol–water partition coefficient (Wildman–Crippen LogP) is 4.70. The fourth-order valence-electron chi connectivity index (χ4n) is 4.03. The van der Waals surface area contributed by atoms with Crippen molar-refractivity contribution in [3.8, 4) is 16.3 Å². The first-order valence-electron chi connectivity index (χ1n) is 11.8. The van der Waals surface area contributed by atoms with Gasteiger partial charge in [0.25, 0.3) is 5.91 Å². The molecule has 10 heteroatoms. The summed E-state index contributed by atoms with van der Waals surface area (Å²) in [5.41, 5.74) is 2.84. The van der Waals surface area contributed by atoms with Gasteiger partial charge < -0.3 is 15.2 Å². The second-order valence-electron chi connectivity index (χ2n) is 9.92. The Labute approximate surface area is 207 Å². The molecular weight excluding hydrogens is 462 g/mol. The quantitative estimate of drug-likeness (QED) is 0.416. The van der Waals surface area contributed by atoms with Crippen molar-refractivity contribution in [3.63, 3.8) is 0 Å². The molecule has 0 aliphatic carbocycles. The summed E-state index contributed by atoms with van der Waals surface area (Å²) in [5, 5.41) is 20.1. The van der Waals surface area contributed by atoms with Gasteiger partial charge >= 0.3 is 0 Å². The topological polar surface area (TPSA) is 111 Å². The van der Waals surface area contributed by atoms with Crippen LogP contribution in [0.3, 0.4) is 0 Å². The Morgan fingerprint density at radius 3 is 2.77 bits per heavy atom. The standard InChI is InChI=1S/C25H29N7O2S/c1-15-5-6-17(23(33)28-22-12-21(34-30-22)25(2,3)4)11-19(15)32-14-18(29-31-32)20-13-27-24(35-20)16-7-9-26-10-8-16/h5-6,11-14,16,26H,7-10H2,1-4H3,(H,28,30,33). The summed E-state index contributed by atoms with van der Waals surface area (Å²) < 4.78 is 7.08. The molecule has 3 aromatic heterocycles. The van der Waals surface area contributed by atoms with Crippen molar-refractivity contribution in [1.29, 1.82) is 0 Å². The molecule has 182 valence electrons. The van der Waals surface area contributed by atoms with Crippen molar-refractivity contribution in [2.75, 3.05) is 18.4 Å². The number of carbonyl (C=O) groups is 1. The lowest BCUT2D eigenvalue weighted by Crippen LogP contribution is -2.26. The van der Waals surface area contributed by atoms with Crippen molar-refractivity contribution >= 4 is 23.1 Å². The highest BCUT2D eigenvalue weighted by Crippen LogP contribution is 2.33. The van der Waals surface area contributed by atoms with Gasteiger partial charge in [-0.2, -0.15) is 0 Å². The number of aryl methyl sites for hydroxylation is 1. The summed E-state index contributed by atoms with van der Waals surface area (Å²) in [6.45, 7) is 10.1. The monoisotopic (exact) mass is 491 g/mol. The molecule has 0 unspecified atom stereocenters. The number of nitrogens with zero attached hydrogens (tertiary/aromatic N) is 5. The number of benzene rings is 1. The maximum absolute atomic E-state index is 12.9. The van der Waals surface area contributed by atoms with Crippen LogP contribution in [0.5, 0.6) is 0 Å². The first-order chi connectivity index (χ1) is 16.8. The smallest absolute Gasteiger partial charge is 0.256 e. The van der Waals surface area contributed by atoms with Crippen molar-refractivity contribution < 1.29 is 9.32 Å². The van der Waals surface area contributed by atoms with E-state index in [1.165, 1.54) is 0 Å². The lowest BCUT2D eigenvalue weighted by Gasteiger charge is -2.20. The Morgan fingerprint density at radius 2 is 2.03 bits per heavy atom. The van der Waals surface area contributed by atoms with E-state index in [0.717, 1.165) is 52.8 Å². The van der Waals surface area contributed by atoms with Crippen LogP contribution in [0, 0.1) is 6.92 Å². The van der Waals surface area contributed by atoms with Gasteiger partial charge in [0.15, 0.2) is 5.82 Å². The van der Waals surface area contributed by atoms with E-state index < -0.39 is 0 Å². The molecular formula is C25H29N7O2S. The van der Waals surface area contributed by atoms with Gasteiger partial charge in [0.1, 0.15) is 11.5 Å². The largest absolute Gasteiger partial charge is 0.359 e.